The van der Waals surface area contributed by atoms with Crippen LogP contribution >= 0.6 is 12.4 Å². The first-order valence-corrected chi connectivity index (χ1v) is 3.65. The smallest absolute Gasteiger partial charge is 0.0715 e. The van der Waals surface area contributed by atoms with Crippen molar-refractivity contribution < 1.29 is 4.74 Å². The highest BCUT2D eigenvalue weighted by atomic mass is 35.5. The Hall–Kier alpha value is 0.210. The fourth-order valence-electron chi connectivity index (χ4n) is 1.13. The monoisotopic (exact) mass is 165 g/mol. The second-order valence-corrected chi connectivity index (χ2v) is 2.80. The standard InChI is InChI=1S/C7H15NO.ClH/c1-6(2)9-7-3-4-8-5-7;/h6-8H,3-5H2,1-2H3;1H. The molecule has 3 heteroatoms. The summed E-state index contributed by atoms with van der Waals surface area (Å²) in [6.45, 7) is 6.33. The van der Waals surface area contributed by atoms with E-state index in [9.17, 15) is 0 Å². The number of rotatable bonds is 2. The molecular formula is C7H16ClNO. The highest BCUT2D eigenvalue weighted by Crippen LogP contribution is 2.05. The molecule has 0 spiro atoms. The van der Waals surface area contributed by atoms with Gasteiger partial charge in [-0.25, -0.2) is 0 Å². The molecule has 0 radical (unpaired) electrons. The van der Waals surface area contributed by atoms with E-state index >= 15 is 0 Å². The van der Waals surface area contributed by atoms with Crippen LogP contribution in [0.3, 0.4) is 0 Å². The van der Waals surface area contributed by atoms with Gasteiger partial charge in [-0.05, 0) is 26.8 Å². The van der Waals surface area contributed by atoms with Crippen molar-refractivity contribution in [1.82, 2.24) is 5.32 Å². The third kappa shape index (κ3) is 3.40. The van der Waals surface area contributed by atoms with E-state index in [4.69, 9.17) is 4.74 Å². The van der Waals surface area contributed by atoms with Crippen LogP contribution in [0.5, 0.6) is 0 Å². The van der Waals surface area contributed by atoms with Crippen molar-refractivity contribution in [3.63, 3.8) is 0 Å². The van der Waals surface area contributed by atoms with E-state index in [1.54, 1.807) is 0 Å². The van der Waals surface area contributed by atoms with Crippen molar-refractivity contribution >= 4 is 12.4 Å². The third-order valence-electron chi connectivity index (χ3n) is 1.48. The zero-order chi connectivity index (χ0) is 6.69. The van der Waals surface area contributed by atoms with Gasteiger partial charge in [0.1, 0.15) is 0 Å². The minimum absolute atomic E-state index is 0. The lowest BCUT2D eigenvalue weighted by molar-refractivity contribution is 0.0201. The zero-order valence-corrected chi connectivity index (χ0v) is 7.41. The summed E-state index contributed by atoms with van der Waals surface area (Å²) in [7, 11) is 0. The summed E-state index contributed by atoms with van der Waals surface area (Å²) in [6, 6.07) is 0. The van der Waals surface area contributed by atoms with Crippen LogP contribution in [0.2, 0.25) is 0 Å². The molecule has 0 bridgehead atoms. The molecule has 1 unspecified atom stereocenters. The number of hydrogen-bond donors (Lipinski definition) is 1. The predicted octanol–water partition coefficient (Wildman–Crippen LogP) is 1.20. The van der Waals surface area contributed by atoms with E-state index in [0.29, 0.717) is 12.2 Å². The Morgan fingerprint density at radius 1 is 1.50 bits per heavy atom. The second kappa shape index (κ2) is 4.94. The molecule has 1 saturated heterocycles. The maximum Gasteiger partial charge on any atom is 0.0715 e. The Labute approximate surface area is 68.7 Å². The summed E-state index contributed by atoms with van der Waals surface area (Å²) in [5.74, 6) is 0. The van der Waals surface area contributed by atoms with Crippen molar-refractivity contribution in [2.45, 2.75) is 32.5 Å². The molecule has 62 valence electrons. The van der Waals surface area contributed by atoms with Crippen molar-refractivity contribution in [1.29, 1.82) is 0 Å². The van der Waals surface area contributed by atoms with Crippen molar-refractivity contribution in [3.8, 4) is 0 Å². The topological polar surface area (TPSA) is 21.3 Å². The highest BCUT2D eigenvalue weighted by molar-refractivity contribution is 5.85. The van der Waals surface area contributed by atoms with Gasteiger partial charge in [-0.2, -0.15) is 0 Å². The lowest BCUT2D eigenvalue weighted by atomic mass is 10.3. The minimum atomic E-state index is 0. The maximum atomic E-state index is 5.55. The fourth-order valence-corrected chi connectivity index (χ4v) is 1.13. The van der Waals surface area contributed by atoms with Gasteiger partial charge in [-0.3, -0.25) is 0 Å². The number of hydrogen-bond acceptors (Lipinski definition) is 2. The molecule has 0 amide bonds. The van der Waals surface area contributed by atoms with E-state index in [1.165, 1.54) is 6.42 Å². The molecule has 10 heavy (non-hydrogen) atoms. The first-order chi connectivity index (χ1) is 4.29. The summed E-state index contributed by atoms with van der Waals surface area (Å²) < 4.78 is 5.55. The van der Waals surface area contributed by atoms with Gasteiger partial charge in [0, 0.05) is 6.54 Å². The van der Waals surface area contributed by atoms with Crippen LogP contribution < -0.4 is 5.32 Å². The lowest BCUT2D eigenvalue weighted by Gasteiger charge is -2.12. The highest BCUT2D eigenvalue weighted by Gasteiger charge is 2.15. The van der Waals surface area contributed by atoms with E-state index in [1.807, 2.05) is 0 Å². The van der Waals surface area contributed by atoms with E-state index in [-0.39, 0.29) is 12.4 Å². The lowest BCUT2D eigenvalue weighted by Crippen LogP contribution is -2.20. The number of halogens is 1. The molecule has 1 atom stereocenters. The van der Waals surface area contributed by atoms with Crippen LogP contribution in [0.1, 0.15) is 20.3 Å². The molecule has 0 aromatic heterocycles. The Bertz CT molecular complexity index is 81.7. The quantitative estimate of drug-likeness (QED) is 0.664. The molecule has 2 nitrogen and oxygen atoms in total. The van der Waals surface area contributed by atoms with Gasteiger partial charge in [-0.1, -0.05) is 0 Å². The van der Waals surface area contributed by atoms with Crippen molar-refractivity contribution in [2.75, 3.05) is 13.1 Å². The van der Waals surface area contributed by atoms with Crippen LogP contribution in [0.15, 0.2) is 0 Å². The molecule has 1 aliphatic heterocycles. The molecule has 0 saturated carbocycles. The average molecular weight is 166 g/mol. The third-order valence-corrected chi connectivity index (χ3v) is 1.48. The van der Waals surface area contributed by atoms with Crippen LogP contribution in [0.25, 0.3) is 0 Å². The molecule has 1 aliphatic rings. The summed E-state index contributed by atoms with van der Waals surface area (Å²) in [4.78, 5) is 0. The molecule has 0 aliphatic carbocycles. The van der Waals surface area contributed by atoms with Gasteiger partial charge >= 0.3 is 0 Å². The van der Waals surface area contributed by atoms with E-state index < -0.39 is 0 Å². The van der Waals surface area contributed by atoms with Crippen molar-refractivity contribution in [2.24, 2.45) is 0 Å². The van der Waals surface area contributed by atoms with Gasteiger partial charge in [0.05, 0.1) is 12.2 Å². The predicted molar refractivity (Wildman–Crippen MR) is 44.7 cm³/mol. The SMILES string of the molecule is CC(C)OC1CCNC1.Cl. The molecule has 1 N–H and O–H groups in total. The van der Waals surface area contributed by atoms with Crippen LogP contribution in [-0.4, -0.2) is 25.3 Å². The summed E-state index contributed by atoms with van der Waals surface area (Å²) in [5, 5.41) is 3.25. The maximum absolute atomic E-state index is 5.55. The van der Waals surface area contributed by atoms with Gasteiger partial charge in [0.25, 0.3) is 0 Å². The second-order valence-electron chi connectivity index (χ2n) is 2.80. The number of ether oxygens (including phenoxy) is 1. The van der Waals surface area contributed by atoms with Gasteiger partial charge < -0.3 is 10.1 Å². The van der Waals surface area contributed by atoms with Crippen LogP contribution in [0.4, 0.5) is 0 Å². The number of nitrogens with one attached hydrogen (secondary N) is 1. The molecule has 1 heterocycles. The molecule has 0 aromatic rings. The zero-order valence-electron chi connectivity index (χ0n) is 6.59. The van der Waals surface area contributed by atoms with Crippen LogP contribution in [0, 0.1) is 0 Å². The van der Waals surface area contributed by atoms with Crippen molar-refractivity contribution in [3.05, 3.63) is 0 Å². The Balaban J connectivity index is 0.000000810. The molecule has 1 fully saturated rings. The molecule has 0 aromatic carbocycles. The van der Waals surface area contributed by atoms with Gasteiger partial charge in [0.2, 0.25) is 0 Å². The first kappa shape index (κ1) is 10.2. The Morgan fingerprint density at radius 3 is 2.60 bits per heavy atom. The minimum Gasteiger partial charge on any atom is -0.374 e. The van der Waals surface area contributed by atoms with Crippen LogP contribution in [-0.2, 0) is 4.74 Å². The summed E-state index contributed by atoms with van der Waals surface area (Å²) in [5.41, 5.74) is 0. The Morgan fingerprint density at radius 2 is 2.20 bits per heavy atom. The van der Waals surface area contributed by atoms with E-state index in [0.717, 1.165) is 13.1 Å². The fraction of sp³-hybridized carbons (Fsp3) is 1.00. The summed E-state index contributed by atoms with van der Waals surface area (Å²) >= 11 is 0. The Kier molecular flexibility index (Phi) is 5.04. The summed E-state index contributed by atoms with van der Waals surface area (Å²) in [6.07, 6.45) is 2.04. The van der Waals surface area contributed by atoms with Gasteiger partial charge in [-0.15, -0.1) is 12.4 Å². The first-order valence-electron chi connectivity index (χ1n) is 3.65. The van der Waals surface area contributed by atoms with Gasteiger partial charge in [0.15, 0.2) is 0 Å². The van der Waals surface area contributed by atoms with E-state index in [2.05, 4.69) is 19.2 Å². The largest absolute Gasteiger partial charge is 0.374 e. The normalized spacial score (nSPS) is 24.9. The molecule has 1 rings (SSSR count). The molecular weight excluding hydrogens is 150 g/mol. The average Bonchev–Trinajstić information content (AvgIpc) is 2.15.